The summed E-state index contributed by atoms with van der Waals surface area (Å²) < 4.78 is 21.1. The van der Waals surface area contributed by atoms with E-state index in [1.54, 1.807) is 55.5 Å². The first-order valence-electron chi connectivity index (χ1n) is 10.00. The second-order valence-electron chi connectivity index (χ2n) is 7.31. The molecule has 1 unspecified atom stereocenters. The minimum absolute atomic E-state index is 0.0962. The Hall–Kier alpha value is -4.27. The Bertz CT molecular complexity index is 1260. The van der Waals surface area contributed by atoms with E-state index in [0.29, 0.717) is 34.1 Å². The van der Waals surface area contributed by atoms with E-state index < -0.39 is 17.7 Å². The van der Waals surface area contributed by atoms with Crippen LogP contribution in [-0.4, -0.2) is 43.3 Å². The molecule has 0 spiro atoms. The van der Waals surface area contributed by atoms with Crippen LogP contribution in [0.25, 0.3) is 5.76 Å². The van der Waals surface area contributed by atoms with E-state index in [2.05, 4.69) is 5.16 Å². The molecule has 1 saturated heterocycles. The number of hydrogen-bond acceptors (Lipinski definition) is 8. The van der Waals surface area contributed by atoms with Gasteiger partial charge in [-0.15, -0.1) is 0 Å². The molecule has 9 heteroatoms. The molecule has 33 heavy (non-hydrogen) atoms. The van der Waals surface area contributed by atoms with Gasteiger partial charge in [-0.3, -0.25) is 14.5 Å². The molecule has 1 aliphatic rings. The zero-order valence-corrected chi connectivity index (χ0v) is 18.5. The van der Waals surface area contributed by atoms with E-state index in [0.717, 1.165) is 0 Å². The van der Waals surface area contributed by atoms with E-state index in [4.69, 9.17) is 18.7 Å². The lowest BCUT2D eigenvalue weighted by atomic mass is 9.95. The van der Waals surface area contributed by atoms with Gasteiger partial charge in [-0.05, 0) is 36.8 Å². The van der Waals surface area contributed by atoms with Crippen LogP contribution in [0.3, 0.4) is 0 Å². The second-order valence-corrected chi connectivity index (χ2v) is 7.31. The molecule has 1 amide bonds. The monoisotopic (exact) mass is 450 g/mol. The number of amides is 1. The molecule has 1 N–H and O–H groups in total. The van der Waals surface area contributed by atoms with Gasteiger partial charge >= 0.3 is 5.91 Å². The van der Waals surface area contributed by atoms with E-state index >= 15 is 0 Å². The standard InChI is InChI=1S/C24H22N2O7/c1-13-10-19(25-33-13)26-21(14-8-9-17(31-3)18(12-14)32-4)20(23(28)24(26)29)22(27)15-6-5-7-16(11-15)30-2/h5-12,21,27H,1-4H3/b22-20-. The van der Waals surface area contributed by atoms with Crippen molar-refractivity contribution in [3.05, 3.63) is 71.0 Å². The predicted molar refractivity (Wildman–Crippen MR) is 119 cm³/mol. The molecule has 4 rings (SSSR count). The summed E-state index contributed by atoms with van der Waals surface area (Å²) in [6.07, 6.45) is 0. The predicted octanol–water partition coefficient (Wildman–Crippen LogP) is 3.64. The maximum atomic E-state index is 13.2. The summed E-state index contributed by atoms with van der Waals surface area (Å²) in [6, 6.07) is 12.1. The maximum Gasteiger partial charge on any atom is 0.301 e. The SMILES string of the molecule is COc1cccc(/C(O)=C2/C(=O)C(=O)N(c3cc(C)on3)C2c2ccc(OC)c(OC)c2)c1. The number of benzene rings is 2. The number of ketones is 1. The number of carbonyl (C=O) groups is 2. The van der Waals surface area contributed by atoms with Crippen LogP contribution in [0.4, 0.5) is 5.82 Å². The first-order chi connectivity index (χ1) is 15.9. The van der Waals surface area contributed by atoms with Crippen molar-refractivity contribution in [2.45, 2.75) is 13.0 Å². The first kappa shape index (κ1) is 21.9. The summed E-state index contributed by atoms with van der Waals surface area (Å²) in [6.45, 7) is 1.68. The summed E-state index contributed by atoms with van der Waals surface area (Å²) in [5.41, 5.74) is 0.743. The highest BCUT2D eigenvalue weighted by Gasteiger charge is 2.48. The fourth-order valence-corrected chi connectivity index (χ4v) is 3.80. The zero-order valence-electron chi connectivity index (χ0n) is 18.5. The third kappa shape index (κ3) is 3.78. The number of methoxy groups -OCH3 is 3. The molecule has 1 atom stereocenters. The van der Waals surface area contributed by atoms with Crippen LogP contribution in [0, 0.1) is 6.92 Å². The van der Waals surface area contributed by atoms with Crippen LogP contribution in [0.5, 0.6) is 17.2 Å². The third-order valence-corrected chi connectivity index (χ3v) is 5.37. The highest BCUT2D eigenvalue weighted by molar-refractivity contribution is 6.51. The fraction of sp³-hybridized carbons (Fsp3) is 0.208. The number of Topliss-reactive ketones (excluding diaryl/α,β-unsaturated/α-hetero) is 1. The highest BCUT2D eigenvalue weighted by atomic mass is 16.5. The van der Waals surface area contributed by atoms with Crippen molar-refractivity contribution >= 4 is 23.3 Å². The Morgan fingerprint density at radius 3 is 2.39 bits per heavy atom. The number of aromatic nitrogens is 1. The van der Waals surface area contributed by atoms with Gasteiger partial charge < -0.3 is 23.8 Å². The number of aliphatic hydroxyl groups excluding tert-OH is 1. The van der Waals surface area contributed by atoms with Gasteiger partial charge in [0.1, 0.15) is 17.3 Å². The average molecular weight is 450 g/mol. The lowest BCUT2D eigenvalue weighted by molar-refractivity contribution is -0.132. The number of carbonyl (C=O) groups excluding carboxylic acids is 2. The highest BCUT2D eigenvalue weighted by Crippen LogP contribution is 2.44. The number of anilines is 1. The Balaban J connectivity index is 1.96. The molecule has 170 valence electrons. The van der Waals surface area contributed by atoms with E-state index in [1.807, 2.05) is 0 Å². The molecule has 1 fully saturated rings. The summed E-state index contributed by atoms with van der Waals surface area (Å²) in [5.74, 6) is -0.0486. The van der Waals surface area contributed by atoms with Crippen LogP contribution in [0.15, 0.2) is 58.6 Å². The van der Waals surface area contributed by atoms with Crippen LogP contribution < -0.4 is 19.1 Å². The Morgan fingerprint density at radius 1 is 1.00 bits per heavy atom. The van der Waals surface area contributed by atoms with Crippen LogP contribution in [0.1, 0.15) is 22.9 Å². The fourth-order valence-electron chi connectivity index (χ4n) is 3.80. The molecule has 0 bridgehead atoms. The van der Waals surface area contributed by atoms with Gasteiger partial charge in [0.15, 0.2) is 17.3 Å². The molecule has 0 aliphatic carbocycles. The van der Waals surface area contributed by atoms with Crippen molar-refractivity contribution in [3.63, 3.8) is 0 Å². The van der Waals surface area contributed by atoms with Gasteiger partial charge in [0.2, 0.25) is 0 Å². The number of nitrogens with zero attached hydrogens (tertiary/aromatic N) is 2. The Labute approximate surface area is 189 Å². The largest absolute Gasteiger partial charge is 0.507 e. The van der Waals surface area contributed by atoms with Gasteiger partial charge in [0.25, 0.3) is 5.78 Å². The van der Waals surface area contributed by atoms with Crippen molar-refractivity contribution in [2.24, 2.45) is 0 Å². The Morgan fingerprint density at radius 2 is 1.76 bits per heavy atom. The molecule has 9 nitrogen and oxygen atoms in total. The number of hydrogen-bond donors (Lipinski definition) is 1. The van der Waals surface area contributed by atoms with Crippen LogP contribution in [0.2, 0.25) is 0 Å². The molecule has 2 aromatic carbocycles. The van der Waals surface area contributed by atoms with Gasteiger partial charge in [0.05, 0.1) is 32.9 Å². The lowest BCUT2D eigenvalue weighted by Gasteiger charge is -2.23. The average Bonchev–Trinajstić information content (AvgIpc) is 3.38. The molecule has 1 aliphatic heterocycles. The van der Waals surface area contributed by atoms with Gasteiger partial charge in [-0.1, -0.05) is 23.4 Å². The number of ether oxygens (including phenoxy) is 3. The smallest absolute Gasteiger partial charge is 0.301 e. The van der Waals surface area contributed by atoms with Crippen LogP contribution in [-0.2, 0) is 9.59 Å². The molecular weight excluding hydrogens is 428 g/mol. The van der Waals surface area contributed by atoms with E-state index in [-0.39, 0.29) is 17.2 Å². The summed E-state index contributed by atoms with van der Waals surface area (Å²) in [7, 11) is 4.48. The molecular formula is C24H22N2O7. The summed E-state index contributed by atoms with van der Waals surface area (Å²) >= 11 is 0. The minimum atomic E-state index is -0.986. The van der Waals surface area contributed by atoms with Crippen molar-refractivity contribution in [1.29, 1.82) is 0 Å². The van der Waals surface area contributed by atoms with Crippen molar-refractivity contribution in [3.8, 4) is 17.2 Å². The van der Waals surface area contributed by atoms with Crippen LogP contribution >= 0.6 is 0 Å². The molecule has 1 aromatic heterocycles. The van der Waals surface area contributed by atoms with Gasteiger partial charge in [0, 0.05) is 11.6 Å². The first-order valence-corrected chi connectivity index (χ1v) is 10.00. The summed E-state index contributed by atoms with van der Waals surface area (Å²) in [5, 5.41) is 15.1. The zero-order chi connectivity index (χ0) is 23.7. The lowest BCUT2D eigenvalue weighted by Crippen LogP contribution is -2.29. The second kappa shape index (κ2) is 8.70. The molecule has 2 heterocycles. The van der Waals surface area contributed by atoms with Gasteiger partial charge in [-0.2, -0.15) is 0 Å². The number of aryl methyl sites for hydroxylation is 1. The number of rotatable bonds is 6. The molecule has 0 saturated carbocycles. The molecule has 3 aromatic rings. The van der Waals surface area contributed by atoms with Crippen molar-refractivity contribution in [1.82, 2.24) is 5.16 Å². The van der Waals surface area contributed by atoms with Crippen molar-refractivity contribution < 1.29 is 33.4 Å². The van der Waals surface area contributed by atoms with E-state index in [9.17, 15) is 14.7 Å². The molecule has 0 radical (unpaired) electrons. The quantitative estimate of drug-likeness (QED) is 0.344. The maximum absolute atomic E-state index is 13.2. The normalized spacial score (nSPS) is 17.3. The minimum Gasteiger partial charge on any atom is -0.507 e. The third-order valence-electron chi connectivity index (χ3n) is 5.37. The topological polar surface area (TPSA) is 111 Å². The van der Waals surface area contributed by atoms with E-state index in [1.165, 1.54) is 26.2 Å². The summed E-state index contributed by atoms with van der Waals surface area (Å²) in [4.78, 5) is 27.5. The Kier molecular flexibility index (Phi) is 5.78. The van der Waals surface area contributed by atoms with Gasteiger partial charge in [-0.25, -0.2) is 0 Å². The van der Waals surface area contributed by atoms with Crippen molar-refractivity contribution in [2.75, 3.05) is 26.2 Å². The number of aliphatic hydroxyl groups is 1.